The molecule has 1 heterocycles. The number of carboxylic acid groups (broad SMARTS) is 2. The number of hydrogen-bond donors (Lipinski definition) is 2. The minimum atomic E-state index is -4.61. The third kappa shape index (κ3) is 4.75. The van der Waals surface area contributed by atoms with E-state index in [0.29, 0.717) is 10.6 Å². The molecule has 0 spiro atoms. The van der Waals surface area contributed by atoms with Gasteiger partial charge in [-0.15, -0.1) is 0 Å². The van der Waals surface area contributed by atoms with Crippen LogP contribution in [-0.4, -0.2) is 38.5 Å². The van der Waals surface area contributed by atoms with Crippen LogP contribution in [0, 0.1) is 11.8 Å². The molecule has 0 unspecified atom stereocenters. The number of benzene rings is 2. The van der Waals surface area contributed by atoms with Gasteiger partial charge < -0.3 is 15.1 Å². The van der Waals surface area contributed by atoms with Crippen LogP contribution in [-0.2, 0) is 15.8 Å². The van der Waals surface area contributed by atoms with Crippen LogP contribution in [0.15, 0.2) is 48.5 Å². The van der Waals surface area contributed by atoms with Crippen LogP contribution in [0.1, 0.15) is 54.2 Å². The Kier molecular flexibility index (Phi) is 6.98. The first kappa shape index (κ1) is 25.6. The number of rotatable bonds is 6. The number of carbonyl (C=O) groups is 3. The lowest BCUT2D eigenvalue weighted by Crippen LogP contribution is -2.54. The van der Waals surface area contributed by atoms with Crippen molar-refractivity contribution in [2.45, 2.75) is 44.4 Å². The van der Waals surface area contributed by atoms with Crippen LogP contribution in [0.5, 0.6) is 0 Å². The Morgan fingerprint density at radius 2 is 1.62 bits per heavy atom. The van der Waals surface area contributed by atoms with E-state index in [0.717, 1.165) is 29.2 Å². The van der Waals surface area contributed by atoms with Crippen molar-refractivity contribution in [2.24, 2.45) is 11.8 Å². The maximum absolute atomic E-state index is 13.7. The molecular weight excluding hydrogens is 475 g/mol. The Balaban J connectivity index is 2.21. The van der Waals surface area contributed by atoms with E-state index in [1.807, 2.05) is 0 Å². The number of carboxylic acids is 2. The first-order chi connectivity index (χ1) is 15.8. The second kappa shape index (κ2) is 9.29. The summed E-state index contributed by atoms with van der Waals surface area (Å²) in [5, 5.41) is 20.6. The van der Waals surface area contributed by atoms with Crippen LogP contribution >= 0.6 is 11.6 Å². The number of hydrogen-bond acceptors (Lipinski definition) is 3. The van der Waals surface area contributed by atoms with Gasteiger partial charge in [0.15, 0.2) is 0 Å². The molecule has 2 N–H and O–H groups in total. The number of alkyl halides is 3. The zero-order valence-electron chi connectivity index (χ0n) is 18.3. The summed E-state index contributed by atoms with van der Waals surface area (Å²) < 4.78 is 39.0. The van der Waals surface area contributed by atoms with Gasteiger partial charge in [0.2, 0.25) is 0 Å². The molecule has 0 bridgehead atoms. The van der Waals surface area contributed by atoms with Crippen LogP contribution in [0.25, 0.3) is 0 Å². The molecule has 34 heavy (non-hydrogen) atoms. The van der Waals surface area contributed by atoms with Crippen LogP contribution < -0.4 is 0 Å². The summed E-state index contributed by atoms with van der Waals surface area (Å²) in [7, 11) is 0. The van der Waals surface area contributed by atoms with Gasteiger partial charge in [-0.1, -0.05) is 37.6 Å². The molecule has 0 aliphatic carbocycles. The summed E-state index contributed by atoms with van der Waals surface area (Å²) >= 11 is 5.96. The average Bonchev–Trinajstić information content (AvgIpc) is 3.09. The number of amides is 1. The molecule has 2 aromatic carbocycles. The summed E-state index contributed by atoms with van der Waals surface area (Å²) in [6.45, 7) is 3.49. The molecule has 1 amide bonds. The maximum Gasteiger partial charge on any atom is 0.416 e. The Morgan fingerprint density at radius 1 is 1.06 bits per heavy atom. The molecule has 182 valence electrons. The van der Waals surface area contributed by atoms with E-state index in [1.165, 1.54) is 24.3 Å². The molecule has 0 saturated carbocycles. The monoisotopic (exact) mass is 497 g/mol. The Hall–Kier alpha value is -3.07. The molecule has 3 atom stereocenters. The van der Waals surface area contributed by atoms with Gasteiger partial charge >= 0.3 is 18.1 Å². The Morgan fingerprint density at radius 3 is 2.06 bits per heavy atom. The van der Waals surface area contributed by atoms with Crippen LogP contribution in [0.4, 0.5) is 13.2 Å². The average molecular weight is 498 g/mol. The lowest BCUT2D eigenvalue weighted by molar-refractivity contribution is -0.150. The molecule has 1 fully saturated rings. The summed E-state index contributed by atoms with van der Waals surface area (Å²) in [6, 6.07) is 8.28. The predicted octanol–water partition coefficient (Wildman–Crippen LogP) is 5.52. The molecule has 1 aliphatic heterocycles. The quantitative estimate of drug-likeness (QED) is 0.548. The van der Waals surface area contributed by atoms with Gasteiger partial charge in [-0.05, 0) is 60.7 Å². The van der Waals surface area contributed by atoms with Gasteiger partial charge in [-0.25, -0.2) is 4.79 Å². The fourth-order valence-corrected chi connectivity index (χ4v) is 4.81. The smallest absolute Gasteiger partial charge is 0.416 e. The maximum atomic E-state index is 13.7. The first-order valence-electron chi connectivity index (χ1n) is 10.5. The molecule has 1 aliphatic rings. The third-order valence-corrected chi connectivity index (χ3v) is 6.28. The van der Waals surface area contributed by atoms with Gasteiger partial charge in [-0.3, -0.25) is 9.59 Å². The van der Waals surface area contributed by atoms with E-state index in [-0.39, 0.29) is 24.3 Å². The van der Waals surface area contributed by atoms with Crippen LogP contribution in [0.3, 0.4) is 0 Å². The number of halogens is 4. The van der Waals surface area contributed by atoms with Crippen molar-refractivity contribution >= 4 is 29.4 Å². The third-order valence-electron chi connectivity index (χ3n) is 6.03. The summed E-state index contributed by atoms with van der Waals surface area (Å²) in [5.41, 5.74) is -2.65. The van der Waals surface area contributed by atoms with E-state index in [1.54, 1.807) is 13.8 Å². The van der Waals surface area contributed by atoms with Crippen molar-refractivity contribution in [3.05, 3.63) is 70.2 Å². The molecule has 6 nitrogen and oxygen atoms in total. The largest absolute Gasteiger partial charge is 0.481 e. The molecule has 2 aromatic rings. The normalized spacial score (nSPS) is 22.7. The van der Waals surface area contributed by atoms with E-state index in [9.17, 15) is 37.8 Å². The van der Waals surface area contributed by atoms with Crippen molar-refractivity contribution in [2.75, 3.05) is 0 Å². The van der Waals surface area contributed by atoms with Crippen molar-refractivity contribution < 1.29 is 37.8 Å². The highest BCUT2D eigenvalue weighted by Gasteiger charge is 2.60. The van der Waals surface area contributed by atoms with Gasteiger partial charge in [-0.2, -0.15) is 13.2 Å². The molecule has 3 rings (SSSR count). The Labute approximate surface area is 198 Å². The minimum absolute atomic E-state index is 0.0391. The van der Waals surface area contributed by atoms with Crippen molar-refractivity contribution in [1.82, 2.24) is 4.90 Å². The van der Waals surface area contributed by atoms with Crippen molar-refractivity contribution in [3.8, 4) is 0 Å². The number of aliphatic carboxylic acids is 2. The zero-order chi connectivity index (χ0) is 25.4. The lowest BCUT2D eigenvalue weighted by atomic mass is 9.83. The first-order valence-corrected chi connectivity index (χ1v) is 10.9. The number of nitrogens with zero attached hydrogens (tertiary/aromatic N) is 1. The highest BCUT2D eigenvalue weighted by molar-refractivity contribution is 6.30. The SMILES string of the molecule is CC(C)C[C@@]1(C(=O)O)C[C@H](C(=O)O)[C@H](c2ccc(Cl)cc2)N1C(=O)c1ccc(C(F)(F)F)cc1. The summed E-state index contributed by atoms with van der Waals surface area (Å²) in [4.78, 5) is 39.6. The second-order valence-corrected chi connectivity index (χ2v) is 9.27. The topological polar surface area (TPSA) is 94.9 Å². The number of likely N-dealkylation sites (tertiary alicyclic amines) is 1. The fourth-order valence-electron chi connectivity index (χ4n) is 4.68. The van der Waals surface area contributed by atoms with Gasteiger partial charge in [0, 0.05) is 10.6 Å². The lowest BCUT2D eigenvalue weighted by Gasteiger charge is -2.39. The van der Waals surface area contributed by atoms with Gasteiger partial charge in [0.05, 0.1) is 17.5 Å². The number of carbonyl (C=O) groups excluding carboxylic acids is 1. The van der Waals surface area contributed by atoms with E-state index in [4.69, 9.17) is 11.6 Å². The molecule has 0 aromatic heterocycles. The van der Waals surface area contributed by atoms with Gasteiger partial charge in [0.25, 0.3) is 5.91 Å². The van der Waals surface area contributed by atoms with E-state index >= 15 is 0 Å². The summed E-state index contributed by atoms with van der Waals surface area (Å²) in [6.07, 6.45) is -5.00. The highest BCUT2D eigenvalue weighted by atomic mass is 35.5. The van der Waals surface area contributed by atoms with Crippen molar-refractivity contribution in [1.29, 1.82) is 0 Å². The minimum Gasteiger partial charge on any atom is -0.481 e. The predicted molar refractivity (Wildman–Crippen MR) is 117 cm³/mol. The Bertz CT molecular complexity index is 1090. The van der Waals surface area contributed by atoms with E-state index < -0.39 is 47.1 Å². The highest BCUT2D eigenvalue weighted by Crippen LogP contribution is 2.50. The van der Waals surface area contributed by atoms with Crippen molar-refractivity contribution in [3.63, 3.8) is 0 Å². The second-order valence-electron chi connectivity index (χ2n) is 8.83. The standard InChI is InChI=1S/C24H23ClF3NO5/c1-13(2)11-23(22(33)34)12-18(21(31)32)19(14-5-9-17(25)10-6-14)29(23)20(30)15-3-7-16(8-4-15)24(26,27)28/h3-10,13,18-19H,11-12H2,1-2H3,(H,31,32)(H,33,34)/t18-,19-,23-/m0/s1. The van der Waals surface area contributed by atoms with E-state index in [2.05, 4.69) is 0 Å². The molecule has 1 saturated heterocycles. The summed E-state index contributed by atoms with van der Waals surface area (Å²) in [5.74, 6) is -4.99. The molecular formula is C24H23ClF3NO5. The van der Waals surface area contributed by atoms with Crippen LogP contribution in [0.2, 0.25) is 5.02 Å². The molecule has 0 radical (unpaired) electrons. The molecule has 10 heteroatoms. The zero-order valence-corrected chi connectivity index (χ0v) is 19.1. The fraction of sp³-hybridized carbons (Fsp3) is 0.375. The van der Waals surface area contributed by atoms with Gasteiger partial charge in [0.1, 0.15) is 5.54 Å².